The Bertz CT molecular complexity index is 1340. The summed E-state index contributed by atoms with van der Waals surface area (Å²) >= 11 is 0. The van der Waals surface area contributed by atoms with Gasteiger partial charge < -0.3 is 15.0 Å². The molecular formula is C32H41N5O3. The van der Waals surface area contributed by atoms with Crippen LogP contribution in [0.15, 0.2) is 54.6 Å². The Balaban J connectivity index is 1.25. The highest BCUT2D eigenvalue weighted by Crippen LogP contribution is 2.40. The normalized spacial score (nSPS) is 20.3. The second kappa shape index (κ2) is 11.4. The van der Waals surface area contributed by atoms with Gasteiger partial charge in [-0.2, -0.15) is 5.10 Å². The third kappa shape index (κ3) is 6.16. The van der Waals surface area contributed by atoms with Crippen molar-refractivity contribution in [2.75, 3.05) is 17.2 Å². The minimum absolute atomic E-state index is 0.163. The number of urea groups is 1. The van der Waals surface area contributed by atoms with Gasteiger partial charge in [0.15, 0.2) is 0 Å². The van der Waals surface area contributed by atoms with E-state index in [1.807, 2.05) is 61.2 Å². The van der Waals surface area contributed by atoms with Crippen LogP contribution in [0.25, 0.3) is 5.69 Å². The predicted octanol–water partition coefficient (Wildman–Crippen LogP) is 7.06. The molecule has 3 aromatic rings. The number of nitrogens with zero attached hydrogens (tertiary/aromatic N) is 3. The van der Waals surface area contributed by atoms with E-state index in [1.54, 1.807) is 4.68 Å². The minimum atomic E-state index is -0.313. The van der Waals surface area contributed by atoms with Gasteiger partial charge in [0.25, 0.3) is 0 Å². The molecule has 2 aromatic carbocycles. The van der Waals surface area contributed by atoms with Gasteiger partial charge in [-0.1, -0.05) is 50.6 Å². The van der Waals surface area contributed by atoms with Crippen LogP contribution >= 0.6 is 0 Å². The molecule has 0 aliphatic carbocycles. The van der Waals surface area contributed by atoms with Crippen molar-refractivity contribution in [2.45, 2.75) is 84.2 Å². The van der Waals surface area contributed by atoms with Crippen LogP contribution in [-0.4, -0.2) is 45.5 Å². The Hall–Kier alpha value is -3.81. The summed E-state index contributed by atoms with van der Waals surface area (Å²) in [6, 6.07) is 18.3. The number of hydrogen-bond acceptors (Lipinski definition) is 4. The van der Waals surface area contributed by atoms with Crippen LogP contribution in [0.2, 0.25) is 0 Å². The van der Waals surface area contributed by atoms with Crippen LogP contribution in [0.1, 0.15) is 70.2 Å². The van der Waals surface area contributed by atoms with Crippen molar-refractivity contribution in [3.8, 4) is 5.69 Å². The molecule has 8 heteroatoms. The van der Waals surface area contributed by atoms with Gasteiger partial charge in [-0.05, 0) is 81.7 Å². The first-order valence-corrected chi connectivity index (χ1v) is 14.4. The van der Waals surface area contributed by atoms with Crippen molar-refractivity contribution in [1.82, 2.24) is 14.7 Å². The molecule has 0 radical (unpaired) electrons. The molecule has 2 aliphatic heterocycles. The van der Waals surface area contributed by atoms with Crippen molar-refractivity contribution in [2.24, 2.45) is 5.92 Å². The fourth-order valence-electron chi connectivity index (χ4n) is 6.06. The summed E-state index contributed by atoms with van der Waals surface area (Å²) in [5.74, 6) is 1.12. The van der Waals surface area contributed by atoms with Crippen molar-refractivity contribution in [3.63, 3.8) is 0 Å². The van der Waals surface area contributed by atoms with Gasteiger partial charge in [0, 0.05) is 29.3 Å². The highest BCUT2D eigenvalue weighted by molar-refractivity contribution is 5.99. The van der Waals surface area contributed by atoms with E-state index in [4.69, 9.17) is 9.84 Å². The monoisotopic (exact) mass is 543 g/mol. The van der Waals surface area contributed by atoms with Crippen molar-refractivity contribution in [3.05, 3.63) is 71.4 Å². The molecule has 3 heterocycles. The summed E-state index contributed by atoms with van der Waals surface area (Å²) in [6.45, 7) is 10.6. The molecule has 2 unspecified atom stereocenters. The number of ether oxygens (including phenoxy) is 1. The van der Waals surface area contributed by atoms with Gasteiger partial charge >= 0.3 is 12.1 Å². The molecule has 0 saturated carbocycles. The van der Waals surface area contributed by atoms with Crippen LogP contribution in [0, 0.1) is 12.8 Å². The third-order valence-corrected chi connectivity index (χ3v) is 8.02. The van der Waals surface area contributed by atoms with E-state index in [0.29, 0.717) is 18.3 Å². The van der Waals surface area contributed by atoms with Crippen LogP contribution < -0.4 is 10.6 Å². The maximum absolute atomic E-state index is 13.1. The molecule has 8 nitrogen and oxygen atoms in total. The van der Waals surface area contributed by atoms with E-state index in [2.05, 4.69) is 43.5 Å². The number of nitrogens with one attached hydrogen (secondary N) is 2. The average Bonchev–Trinajstić information content (AvgIpc) is 3.43. The zero-order valence-corrected chi connectivity index (χ0v) is 24.2. The second-order valence-corrected chi connectivity index (χ2v) is 12.2. The number of benzene rings is 2. The Morgan fingerprint density at radius 1 is 1.00 bits per heavy atom. The number of carbonyl (C=O) groups is 2. The minimum Gasteiger partial charge on any atom is -0.450 e. The van der Waals surface area contributed by atoms with E-state index in [1.165, 1.54) is 5.56 Å². The average molecular weight is 544 g/mol. The molecule has 5 rings (SSSR count). The zero-order chi connectivity index (χ0) is 28.4. The van der Waals surface area contributed by atoms with Crippen LogP contribution in [-0.2, 0) is 16.6 Å². The number of aryl methyl sites for hydroxylation is 1. The van der Waals surface area contributed by atoms with Gasteiger partial charge in [0.05, 0.1) is 18.0 Å². The number of carbonyl (C=O) groups excluding carboxylic acids is 2. The summed E-state index contributed by atoms with van der Waals surface area (Å²) in [6.07, 6.45) is 4.86. The van der Waals surface area contributed by atoms with Crippen molar-refractivity contribution in [1.29, 1.82) is 0 Å². The lowest BCUT2D eigenvalue weighted by Crippen LogP contribution is -2.47. The summed E-state index contributed by atoms with van der Waals surface area (Å²) in [4.78, 5) is 27.5. The van der Waals surface area contributed by atoms with Gasteiger partial charge in [0.1, 0.15) is 5.82 Å². The Labute approximate surface area is 237 Å². The highest BCUT2D eigenvalue weighted by Gasteiger charge is 2.43. The molecule has 2 fully saturated rings. The maximum atomic E-state index is 13.1. The summed E-state index contributed by atoms with van der Waals surface area (Å²) < 4.78 is 7.09. The zero-order valence-electron chi connectivity index (χ0n) is 24.2. The molecule has 212 valence electrons. The Kier molecular flexibility index (Phi) is 7.88. The molecule has 2 N–H and O–H groups in total. The fourth-order valence-corrected chi connectivity index (χ4v) is 6.06. The second-order valence-electron chi connectivity index (χ2n) is 12.2. The van der Waals surface area contributed by atoms with Crippen molar-refractivity contribution < 1.29 is 14.3 Å². The smallest absolute Gasteiger partial charge is 0.410 e. The predicted molar refractivity (Wildman–Crippen MR) is 158 cm³/mol. The Morgan fingerprint density at radius 3 is 2.35 bits per heavy atom. The van der Waals surface area contributed by atoms with Gasteiger partial charge in [-0.15, -0.1) is 0 Å². The van der Waals surface area contributed by atoms with Crippen LogP contribution in [0.4, 0.5) is 21.1 Å². The number of piperidine rings is 1. The largest absolute Gasteiger partial charge is 0.450 e. The molecule has 40 heavy (non-hydrogen) atoms. The highest BCUT2D eigenvalue weighted by atomic mass is 16.6. The van der Waals surface area contributed by atoms with E-state index in [9.17, 15) is 9.59 Å². The quantitative estimate of drug-likeness (QED) is 0.348. The topological polar surface area (TPSA) is 88.5 Å². The SMILES string of the molecule is CCOC(=O)N1C2CCC1CC(Cc1cccc(NC(=O)Nc3cc(C(C)(C)C)nn3-c3ccc(C)cc3)c1)C2. The molecule has 3 amide bonds. The summed E-state index contributed by atoms with van der Waals surface area (Å²) in [7, 11) is 0. The molecule has 1 aromatic heterocycles. The molecular weight excluding hydrogens is 502 g/mol. The first-order valence-electron chi connectivity index (χ1n) is 14.4. The lowest BCUT2D eigenvalue weighted by molar-refractivity contribution is 0.0605. The lowest BCUT2D eigenvalue weighted by Gasteiger charge is -2.38. The van der Waals surface area contributed by atoms with Crippen LogP contribution in [0.5, 0.6) is 0 Å². The van der Waals surface area contributed by atoms with Gasteiger partial charge in [0.2, 0.25) is 0 Å². The fraction of sp³-hybridized carbons (Fsp3) is 0.469. The first-order chi connectivity index (χ1) is 19.1. The van der Waals surface area contributed by atoms with E-state index >= 15 is 0 Å². The first kappa shape index (κ1) is 27.7. The standard InChI is InChI=1S/C32H41N5O3/c1-6-40-31(39)36-26-14-15-27(36)19-23(18-26)16-22-8-7-9-24(17-22)33-30(38)34-29-20-28(32(3,4)5)35-37(29)25-12-10-21(2)11-13-25/h7-13,17,20,23,26-27H,6,14-16,18-19H2,1-5H3,(H2,33,34,38). The van der Waals surface area contributed by atoms with Gasteiger partial charge in [-0.25, -0.2) is 14.3 Å². The van der Waals surface area contributed by atoms with E-state index in [0.717, 1.165) is 54.7 Å². The molecule has 0 spiro atoms. The third-order valence-electron chi connectivity index (χ3n) is 8.02. The number of hydrogen-bond donors (Lipinski definition) is 2. The van der Waals surface area contributed by atoms with Gasteiger partial charge in [-0.3, -0.25) is 5.32 Å². The molecule has 2 bridgehead atoms. The number of amides is 3. The molecule has 2 atom stereocenters. The van der Waals surface area contributed by atoms with E-state index in [-0.39, 0.29) is 29.6 Å². The number of fused-ring (bicyclic) bond motifs is 2. The molecule has 2 aliphatic rings. The summed E-state index contributed by atoms with van der Waals surface area (Å²) in [5, 5.41) is 10.8. The lowest BCUT2D eigenvalue weighted by atomic mass is 9.86. The maximum Gasteiger partial charge on any atom is 0.410 e. The number of anilines is 2. The van der Waals surface area contributed by atoms with E-state index < -0.39 is 0 Å². The molecule has 2 saturated heterocycles. The number of rotatable bonds is 6. The Morgan fingerprint density at radius 2 is 1.70 bits per heavy atom. The number of aromatic nitrogens is 2. The van der Waals surface area contributed by atoms with Crippen LogP contribution in [0.3, 0.4) is 0 Å². The van der Waals surface area contributed by atoms with Crippen molar-refractivity contribution >= 4 is 23.6 Å². The summed E-state index contributed by atoms with van der Waals surface area (Å²) in [5.41, 5.74) is 4.72.